The van der Waals surface area contributed by atoms with E-state index in [1.54, 1.807) is 31.4 Å². The van der Waals surface area contributed by atoms with Gasteiger partial charge in [-0.25, -0.2) is 4.98 Å². The number of methoxy groups -OCH3 is 1. The molecule has 0 aliphatic carbocycles. The first-order valence-corrected chi connectivity index (χ1v) is 9.47. The Balaban J connectivity index is 1.88. The Labute approximate surface area is 175 Å². The van der Waals surface area contributed by atoms with Gasteiger partial charge in [0.15, 0.2) is 0 Å². The van der Waals surface area contributed by atoms with E-state index in [4.69, 9.17) is 10.00 Å². The molecule has 0 fully saturated rings. The van der Waals surface area contributed by atoms with Crippen molar-refractivity contribution in [3.63, 3.8) is 0 Å². The molecule has 1 amide bonds. The highest BCUT2D eigenvalue weighted by atomic mass is 79.9. The van der Waals surface area contributed by atoms with Gasteiger partial charge in [0.25, 0.3) is 5.56 Å². The zero-order valence-electron chi connectivity index (χ0n) is 15.6. The molecule has 0 spiro atoms. The second kappa shape index (κ2) is 9.17. The van der Waals surface area contributed by atoms with Gasteiger partial charge in [0.1, 0.15) is 29.8 Å². The van der Waals surface area contributed by atoms with Crippen molar-refractivity contribution in [2.45, 2.75) is 13.1 Å². The van der Waals surface area contributed by atoms with Crippen molar-refractivity contribution in [2.24, 2.45) is 0 Å². The number of amides is 1. The smallest absolute Gasteiger partial charge is 0.272 e. The summed E-state index contributed by atoms with van der Waals surface area (Å²) in [5.41, 5.74) is 0.851. The van der Waals surface area contributed by atoms with Crippen LogP contribution >= 0.6 is 15.9 Å². The van der Waals surface area contributed by atoms with Crippen LogP contribution in [-0.4, -0.2) is 22.6 Å². The molecule has 146 valence electrons. The van der Waals surface area contributed by atoms with Crippen molar-refractivity contribution in [3.8, 4) is 23.2 Å². The number of ether oxygens (including phenoxy) is 1. The Hall–Kier alpha value is -3.44. The van der Waals surface area contributed by atoms with Crippen molar-refractivity contribution in [1.82, 2.24) is 14.9 Å². The molecule has 0 aliphatic heterocycles. The van der Waals surface area contributed by atoms with Crippen LogP contribution in [0.15, 0.2) is 64.0 Å². The lowest BCUT2D eigenvalue weighted by Gasteiger charge is -2.13. The van der Waals surface area contributed by atoms with Crippen LogP contribution < -0.4 is 15.6 Å². The van der Waals surface area contributed by atoms with Crippen molar-refractivity contribution in [1.29, 1.82) is 5.26 Å². The minimum atomic E-state index is -0.565. The maximum absolute atomic E-state index is 12.7. The topological polar surface area (TPSA) is 97.0 Å². The molecule has 3 rings (SSSR count). The number of aromatic nitrogens is 2. The van der Waals surface area contributed by atoms with Gasteiger partial charge in [0, 0.05) is 16.6 Å². The second-order valence-electron chi connectivity index (χ2n) is 6.10. The molecule has 1 heterocycles. The molecule has 0 radical (unpaired) electrons. The highest BCUT2D eigenvalue weighted by molar-refractivity contribution is 9.10. The Morgan fingerprint density at radius 1 is 1.24 bits per heavy atom. The lowest BCUT2D eigenvalue weighted by Crippen LogP contribution is -2.34. The monoisotopic (exact) mass is 452 g/mol. The fourth-order valence-electron chi connectivity index (χ4n) is 2.72. The first-order chi connectivity index (χ1) is 14.0. The number of carbonyl (C=O) groups excluding carboxylic acids is 1. The largest absolute Gasteiger partial charge is 0.497 e. The lowest BCUT2D eigenvalue weighted by molar-refractivity contribution is -0.121. The van der Waals surface area contributed by atoms with Gasteiger partial charge in [-0.15, -0.1) is 0 Å². The standard InChI is InChI=1S/C21H17BrN4O3/c1-29-17-8-6-14(7-9-17)20-25-12-16(10-23)21(28)26(20)13-19(27)24-11-15-4-2-3-5-18(15)22/h2-9,12H,11,13H2,1H3,(H,24,27). The van der Waals surface area contributed by atoms with Crippen molar-refractivity contribution in [2.75, 3.05) is 7.11 Å². The maximum atomic E-state index is 12.7. The number of nitrogens with zero attached hydrogens (tertiary/aromatic N) is 3. The Kier molecular flexibility index (Phi) is 6.42. The number of carbonyl (C=O) groups is 1. The number of nitriles is 1. The fraction of sp³-hybridized carbons (Fsp3) is 0.143. The zero-order valence-corrected chi connectivity index (χ0v) is 17.1. The molecule has 2 aromatic carbocycles. The van der Waals surface area contributed by atoms with Crippen molar-refractivity contribution in [3.05, 3.63) is 80.7 Å². The van der Waals surface area contributed by atoms with E-state index in [0.717, 1.165) is 10.0 Å². The third-order valence-corrected chi connectivity index (χ3v) is 5.03. The molecule has 1 N–H and O–H groups in total. The van der Waals surface area contributed by atoms with Crippen LogP contribution in [0.25, 0.3) is 11.4 Å². The van der Waals surface area contributed by atoms with Gasteiger partial charge in [-0.3, -0.25) is 14.2 Å². The Bertz CT molecular complexity index is 1130. The summed E-state index contributed by atoms with van der Waals surface area (Å²) in [6, 6.07) is 16.3. The van der Waals surface area contributed by atoms with Gasteiger partial charge in [0.05, 0.1) is 13.3 Å². The number of benzene rings is 2. The fourth-order valence-corrected chi connectivity index (χ4v) is 3.15. The van der Waals surface area contributed by atoms with Gasteiger partial charge in [-0.1, -0.05) is 34.1 Å². The SMILES string of the molecule is COc1ccc(-c2ncc(C#N)c(=O)n2CC(=O)NCc2ccccc2Br)cc1. The molecule has 0 atom stereocenters. The molecule has 0 bridgehead atoms. The lowest BCUT2D eigenvalue weighted by atomic mass is 10.2. The quantitative estimate of drug-likeness (QED) is 0.619. The second-order valence-corrected chi connectivity index (χ2v) is 6.95. The van der Waals surface area contributed by atoms with Gasteiger partial charge in [-0.2, -0.15) is 5.26 Å². The number of nitrogens with one attached hydrogen (secondary N) is 1. The number of rotatable bonds is 6. The molecule has 3 aromatic rings. The molecular formula is C21H17BrN4O3. The van der Waals surface area contributed by atoms with E-state index in [1.807, 2.05) is 30.3 Å². The van der Waals surface area contributed by atoms with E-state index < -0.39 is 5.56 Å². The highest BCUT2D eigenvalue weighted by Gasteiger charge is 2.15. The molecule has 29 heavy (non-hydrogen) atoms. The molecular weight excluding hydrogens is 436 g/mol. The van der Waals surface area contributed by atoms with E-state index in [2.05, 4.69) is 26.2 Å². The summed E-state index contributed by atoms with van der Waals surface area (Å²) < 4.78 is 7.23. The molecule has 0 aliphatic rings. The minimum absolute atomic E-state index is 0.124. The van der Waals surface area contributed by atoms with Crippen LogP contribution in [0.3, 0.4) is 0 Å². The molecule has 0 saturated carbocycles. The summed E-state index contributed by atoms with van der Waals surface area (Å²) in [7, 11) is 1.56. The average Bonchev–Trinajstić information content (AvgIpc) is 2.74. The number of hydrogen-bond donors (Lipinski definition) is 1. The Morgan fingerprint density at radius 3 is 2.62 bits per heavy atom. The summed E-state index contributed by atoms with van der Waals surface area (Å²) in [5.74, 6) is 0.588. The molecule has 1 aromatic heterocycles. The van der Waals surface area contributed by atoms with Gasteiger partial charge >= 0.3 is 0 Å². The summed E-state index contributed by atoms with van der Waals surface area (Å²) >= 11 is 3.43. The summed E-state index contributed by atoms with van der Waals surface area (Å²) in [5, 5.41) is 12.0. The highest BCUT2D eigenvalue weighted by Crippen LogP contribution is 2.20. The normalized spacial score (nSPS) is 10.2. The van der Waals surface area contributed by atoms with Crippen molar-refractivity contribution < 1.29 is 9.53 Å². The van der Waals surface area contributed by atoms with Gasteiger partial charge in [-0.05, 0) is 35.9 Å². The molecule has 8 heteroatoms. The van der Waals surface area contributed by atoms with Crippen LogP contribution in [-0.2, 0) is 17.9 Å². The predicted octanol–water partition coefficient (Wildman–Crippen LogP) is 2.87. The number of hydrogen-bond acceptors (Lipinski definition) is 5. The predicted molar refractivity (Wildman–Crippen MR) is 111 cm³/mol. The Morgan fingerprint density at radius 2 is 1.97 bits per heavy atom. The first kappa shape index (κ1) is 20.3. The van der Waals surface area contributed by atoms with Gasteiger partial charge < -0.3 is 10.1 Å². The third-order valence-electron chi connectivity index (χ3n) is 4.25. The zero-order chi connectivity index (χ0) is 20.8. The van der Waals surface area contributed by atoms with E-state index in [9.17, 15) is 9.59 Å². The first-order valence-electron chi connectivity index (χ1n) is 8.68. The number of halogens is 1. The average molecular weight is 453 g/mol. The van der Waals surface area contributed by atoms with E-state index in [1.165, 1.54) is 10.8 Å². The summed E-state index contributed by atoms with van der Waals surface area (Å²) in [6.07, 6.45) is 1.22. The van der Waals surface area contributed by atoms with Crippen LogP contribution in [0, 0.1) is 11.3 Å². The van der Waals surface area contributed by atoms with Crippen LogP contribution in [0.2, 0.25) is 0 Å². The summed E-state index contributed by atoms with van der Waals surface area (Å²) in [6.45, 7) is 0.0470. The van der Waals surface area contributed by atoms with E-state index >= 15 is 0 Å². The molecule has 7 nitrogen and oxygen atoms in total. The minimum Gasteiger partial charge on any atom is -0.497 e. The van der Waals surface area contributed by atoms with Gasteiger partial charge in [0.2, 0.25) is 5.91 Å². The van der Waals surface area contributed by atoms with Crippen LogP contribution in [0.5, 0.6) is 5.75 Å². The maximum Gasteiger partial charge on any atom is 0.272 e. The van der Waals surface area contributed by atoms with Crippen molar-refractivity contribution >= 4 is 21.8 Å². The van der Waals surface area contributed by atoms with E-state index in [0.29, 0.717) is 23.7 Å². The van der Waals surface area contributed by atoms with Crippen LogP contribution in [0.4, 0.5) is 0 Å². The third kappa shape index (κ3) is 4.70. The summed E-state index contributed by atoms with van der Waals surface area (Å²) in [4.78, 5) is 29.4. The molecule has 0 unspecified atom stereocenters. The van der Waals surface area contributed by atoms with E-state index in [-0.39, 0.29) is 18.0 Å². The van der Waals surface area contributed by atoms with Crippen LogP contribution in [0.1, 0.15) is 11.1 Å². The molecule has 0 saturated heterocycles.